The number of carbonyl (C=O) groups excluding carboxylic acids is 2. The summed E-state index contributed by atoms with van der Waals surface area (Å²) < 4.78 is 5.23. The number of hydrogen-bond donors (Lipinski definition) is 2. The Kier molecular flexibility index (Phi) is 5.14. The summed E-state index contributed by atoms with van der Waals surface area (Å²) in [6.45, 7) is 1.94. The number of carbonyl (C=O) groups is 2. The highest BCUT2D eigenvalue weighted by Gasteiger charge is 2.24. The van der Waals surface area contributed by atoms with Gasteiger partial charge in [0.25, 0.3) is 5.91 Å². The Morgan fingerprint density at radius 1 is 1.27 bits per heavy atom. The lowest BCUT2D eigenvalue weighted by atomic mass is 10.2. The molecule has 2 aromatic rings. The summed E-state index contributed by atoms with van der Waals surface area (Å²) in [6.07, 6.45) is 1.68. The second-order valence-electron chi connectivity index (χ2n) is 5.80. The van der Waals surface area contributed by atoms with Crippen molar-refractivity contribution in [1.29, 1.82) is 0 Å². The Labute approximate surface area is 156 Å². The van der Waals surface area contributed by atoms with Gasteiger partial charge in [0, 0.05) is 11.4 Å². The first kappa shape index (κ1) is 17.8. The molecule has 3 rings (SSSR count). The second kappa shape index (κ2) is 7.49. The first-order valence-corrected chi connectivity index (χ1v) is 8.37. The van der Waals surface area contributed by atoms with Crippen LogP contribution in [0.1, 0.15) is 12.0 Å². The van der Waals surface area contributed by atoms with Crippen LogP contribution >= 0.6 is 11.6 Å². The number of methoxy groups -OCH3 is 1. The minimum atomic E-state index is -0.393. The van der Waals surface area contributed by atoms with Gasteiger partial charge in [0.1, 0.15) is 11.4 Å². The topological polar surface area (TPSA) is 70.7 Å². The second-order valence-corrected chi connectivity index (χ2v) is 6.24. The monoisotopic (exact) mass is 371 g/mol. The van der Waals surface area contributed by atoms with Gasteiger partial charge in [-0.15, -0.1) is 0 Å². The molecule has 0 aromatic heterocycles. The molecule has 134 valence electrons. The van der Waals surface area contributed by atoms with E-state index < -0.39 is 5.91 Å². The predicted octanol–water partition coefficient (Wildman–Crippen LogP) is 3.42. The molecule has 1 aliphatic rings. The number of nitrogens with one attached hydrogen (secondary N) is 2. The smallest absolute Gasteiger partial charge is 0.273 e. The van der Waals surface area contributed by atoms with Gasteiger partial charge in [-0.05, 0) is 48.9 Å². The van der Waals surface area contributed by atoms with Gasteiger partial charge < -0.3 is 10.1 Å². The summed E-state index contributed by atoms with van der Waals surface area (Å²) in [6, 6.07) is 12.4. The fourth-order valence-electron chi connectivity index (χ4n) is 2.60. The van der Waals surface area contributed by atoms with E-state index in [0.29, 0.717) is 22.1 Å². The van der Waals surface area contributed by atoms with Crippen LogP contribution < -0.4 is 20.5 Å². The Hall–Kier alpha value is -2.99. The number of benzene rings is 2. The number of hydrazine groups is 1. The van der Waals surface area contributed by atoms with Crippen LogP contribution in [-0.2, 0) is 9.59 Å². The third kappa shape index (κ3) is 3.81. The number of amides is 2. The zero-order chi connectivity index (χ0) is 18.7. The first-order chi connectivity index (χ1) is 12.5. The van der Waals surface area contributed by atoms with E-state index in [1.54, 1.807) is 30.3 Å². The molecule has 0 atom stereocenters. The van der Waals surface area contributed by atoms with Crippen molar-refractivity contribution in [1.82, 2.24) is 5.43 Å². The summed E-state index contributed by atoms with van der Waals surface area (Å²) in [5, 5.41) is 4.60. The molecule has 0 saturated heterocycles. The van der Waals surface area contributed by atoms with Crippen molar-refractivity contribution in [3.8, 4) is 5.75 Å². The third-order valence-corrected chi connectivity index (χ3v) is 4.11. The molecule has 1 aliphatic heterocycles. The average molecular weight is 372 g/mol. The fraction of sp³-hybridized carbons (Fsp3) is 0.158. The van der Waals surface area contributed by atoms with Gasteiger partial charge in [0.2, 0.25) is 5.91 Å². The molecule has 2 aromatic carbocycles. The summed E-state index contributed by atoms with van der Waals surface area (Å²) in [5.74, 6) is -0.0472. The van der Waals surface area contributed by atoms with Crippen LogP contribution in [0.4, 0.5) is 11.4 Å². The van der Waals surface area contributed by atoms with Crippen molar-refractivity contribution in [2.45, 2.75) is 13.3 Å². The molecule has 2 N–H and O–H groups in total. The van der Waals surface area contributed by atoms with Crippen molar-refractivity contribution in [2.75, 3.05) is 17.4 Å². The fourth-order valence-corrected chi connectivity index (χ4v) is 2.77. The highest BCUT2D eigenvalue weighted by molar-refractivity contribution is 6.31. The summed E-state index contributed by atoms with van der Waals surface area (Å²) in [4.78, 5) is 24.8. The molecule has 0 radical (unpaired) electrons. The summed E-state index contributed by atoms with van der Waals surface area (Å²) >= 11 is 5.99. The minimum absolute atomic E-state index is 0.121. The number of nitrogens with zero attached hydrogens (tertiary/aromatic N) is 1. The number of halogens is 1. The number of aryl methyl sites for hydroxylation is 1. The molecule has 26 heavy (non-hydrogen) atoms. The van der Waals surface area contributed by atoms with Crippen molar-refractivity contribution in [3.63, 3.8) is 0 Å². The number of ether oxygens (including phenoxy) is 1. The quantitative estimate of drug-likeness (QED) is 0.863. The summed E-state index contributed by atoms with van der Waals surface area (Å²) in [5.41, 5.74) is 5.29. The molecular formula is C19H18ClN3O3. The Morgan fingerprint density at radius 3 is 2.81 bits per heavy atom. The molecule has 0 bridgehead atoms. The molecule has 0 unspecified atom stereocenters. The Balaban J connectivity index is 1.80. The van der Waals surface area contributed by atoms with Gasteiger partial charge in [-0.25, -0.2) is 5.01 Å². The zero-order valence-electron chi connectivity index (χ0n) is 14.4. The largest absolute Gasteiger partial charge is 0.495 e. The van der Waals surface area contributed by atoms with E-state index in [9.17, 15) is 9.59 Å². The molecular weight excluding hydrogens is 354 g/mol. The van der Waals surface area contributed by atoms with Crippen LogP contribution in [0, 0.1) is 6.92 Å². The molecule has 0 fully saturated rings. The first-order valence-electron chi connectivity index (χ1n) is 7.99. The van der Waals surface area contributed by atoms with Gasteiger partial charge in [0.05, 0.1) is 18.5 Å². The molecule has 6 nitrogen and oxygen atoms in total. The van der Waals surface area contributed by atoms with Crippen molar-refractivity contribution in [2.24, 2.45) is 0 Å². The molecule has 0 aliphatic carbocycles. The SMILES string of the molecule is COc1ccc(Cl)cc1NC(=O)C1=CCC(=O)N(c2cccc(C)c2)N1. The maximum atomic E-state index is 12.6. The van der Waals surface area contributed by atoms with Gasteiger partial charge in [-0.2, -0.15) is 0 Å². The van der Waals surface area contributed by atoms with Crippen molar-refractivity contribution >= 4 is 34.8 Å². The van der Waals surface area contributed by atoms with Crippen LogP contribution in [0.2, 0.25) is 5.02 Å². The molecule has 0 saturated carbocycles. The van der Waals surface area contributed by atoms with Crippen LogP contribution in [-0.4, -0.2) is 18.9 Å². The standard InChI is InChI=1S/C19H18ClN3O3/c1-12-4-3-5-14(10-12)23-18(24)9-7-15(22-23)19(25)21-16-11-13(20)6-8-17(16)26-2/h3-8,10-11,22H,9H2,1-2H3,(H,21,25). The number of rotatable bonds is 4. The number of anilines is 2. The lowest BCUT2D eigenvalue weighted by Gasteiger charge is -2.28. The number of hydrogen-bond acceptors (Lipinski definition) is 4. The van der Waals surface area contributed by atoms with E-state index in [2.05, 4.69) is 10.7 Å². The van der Waals surface area contributed by atoms with Crippen LogP contribution in [0.25, 0.3) is 0 Å². The van der Waals surface area contributed by atoms with E-state index in [1.807, 2.05) is 25.1 Å². The van der Waals surface area contributed by atoms with Gasteiger partial charge >= 0.3 is 0 Å². The maximum Gasteiger partial charge on any atom is 0.273 e. The van der Waals surface area contributed by atoms with Crippen LogP contribution in [0.3, 0.4) is 0 Å². The maximum absolute atomic E-state index is 12.6. The molecule has 2 amide bonds. The van der Waals surface area contributed by atoms with E-state index in [4.69, 9.17) is 16.3 Å². The van der Waals surface area contributed by atoms with Gasteiger partial charge in [0.15, 0.2) is 0 Å². The summed E-state index contributed by atoms with van der Waals surface area (Å²) in [7, 11) is 1.51. The highest BCUT2D eigenvalue weighted by Crippen LogP contribution is 2.28. The Bertz CT molecular complexity index is 895. The molecule has 0 spiro atoms. The molecule has 1 heterocycles. The van der Waals surface area contributed by atoms with Crippen LogP contribution in [0.15, 0.2) is 54.2 Å². The normalized spacial score (nSPS) is 13.7. The minimum Gasteiger partial charge on any atom is -0.495 e. The lowest BCUT2D eigenvalue weighted by molar-refractivity contribution is -0.119. The van der Waals surface area contributed by atoms with Crippen molar-refractivity contribution in [3.05, 3.63) is 64.8 Å². The van der Waals surface area contributed by atoms with E-state index >= 15 is 0 Å². The zero-order valence-corrected chi connectivity index (χ0v) is 15.1. The van der Waals surface area contributed by atoms with Crippen LogP contribution in [0.5, 0.6) is 5.75 Å². The average Bonchev–Trinajstić information content (AvgIpc) is 2.62. The van der Waals surface area contributed by atoms with E-state index in [-0.39, 0.29) is 18.0 Å². The highest BCUT2D eigenvalue weighted by atomic mass is 35.5. The molecule has 7 heteroatoms. The van der Waals surface area contributed by atoms with E-state index in [1.165, 1.54) is 12.1 Å². The lowest BCUT2D eigenvalue weighted by Crippen LogP contribution is -2.47. The predicted molar refractivity (Wildman–Crippen MR) is 101 cm³/mol. The van der Waals surface area contributed by atoms with Gasteiger partial charge in [-0.1, -0.05) is 23.7 Å². The third-order valence-electron chi connectivity index (χ3n) is 3.88. The van der Waals surface area contributed by atoms with E-state index in [0.717, 1.165) is 5.56 Å². The van der Waals surface area contributed by atoms with Crippen molar-refractivity contribution < 1.29 is 14.3 Å². The Morgan fingerprint density at radius 2 is 2.08 bits per heavy atom. The van der Waals surface area contributed by atoms with Gasteiger partial charge in [-0.3, -0.25) is 15.0 Å².